The first-order valence-electron chi connectivity index (χ1n) is 7.85. The first-order valence-corrected chi connectivity index (χ1v) is 7.85. The Morgan fingerprint density at radius 3 is 2.62 bits per heavy atom. The monoisotopic (exact) mass is 294 g/mol. The van der Waals surface area contributed by atoms with E-state index in [1.165, 1.54) is 31.7 Å². The first-order chi connectivity index (χ1) is 9.92. The Bertz CT molecular complexity index is 522. The highest BCUT2D eigenvalue weighted by Crippen LogP contribution is 2.36. The summed E-state index contributed by atoms with van der Waals surface area (Å²) in [6.45, 7) is 6.61. The van der Waals surface area contributed by atoms with Crippen LogP contribution < -0.4 is 5.32 Å². The second-order valence-corrected chi connectivity index (χ2v) is 7.22. The lowest BCUT2D eigenvalue weighted by Crippen LogP contribution is -2.66. The summed E-state index contributed by atoms with van der Waals surface area (Å²) < 4.78 is 27.4. The molecule has 1 saturated carbocycles. The van der Waals surface area contributed by atoms with Gasteiger partial charge in [0, 0.05) is 36.3 Å². The summed E-state index contributed by atoms with van der Waals surface area (Å²) in [4.78, 5) is 2.31. The molecule has 0 aromatic heterocycles. The maximum atomic E-state index is 14.0. The molecular weight excluding hydrogens is 270 g/mol. The molecule has 0 radical (unpaired) electrons. The second-order valence-electron chi connectivity index (χ2n) is 7.22. The molecule has 0 bridgehead atoms. The fourth-order valence-corrected chi connectivity index (χ4v) is 3.68. The molecule has 2 aliphatic rings. The van der Waals surface area contributed by atoms with Crippen molar-refractivity contribution in [1.82, 2.24) is 10.2 Å². The van der Waals surface area contributed by atoms with Crippen LogP contribution in [0.25, 0.3) is 0 Å². The number of nitrogens with one attached hydrogen (secondary N) is 1. The van der Waals surface area contributed by atoms with E-state index >= 15 is 0 Å². The maximum absolute atomic E-state index is 14.0. The molecule has 0 atom stereocenters. The number of hydrogen-bond donors (Lipinski definition) is 1. The fourth-order valence-electron chi connectivity index (χ4n) is 3.68. The molecule has 116 valence electrons. The normalized spacial score (nSPS) is 24.6. The molecule has 1 aliphatic heterocycles. The summed E-state index contributed by atoms with van der Waals surface area (Å²) in [5.74, 6) is -1.46. The highest BCUT2D eigenvalue weighted by Gasteiger charge is 2.44. The van der Waals surface area contributed by atoms with Crippen LogP contribution in [-0.4, -0.2) is 29.1 Å². The van der Waals surface area contributed by atoms with Crippen LogP contribution in [0.1, 0.15) is 45.1 Å². The molecule has 3 rings (SSSR count). The Morgan fingerprint density at radius 1 is 1.19 bits per heavy atom. The van der Waals surface area contributed by atoms with E-state index < -0.39 is 11.6 Å². The number of rotatable bonds is 2. The van der Waals surface area contributed by atoms with Gasteiger partial charge in [-0.1, -0.05) is 25.0 Å². The molecule has 0 amide bonds. The average Bonchev–Trinajstić information content (AvgIpc) is 2.89. The molecule has 1 aliphatic carbocycles. The van der Waals surface area contributed by atoms with Crippen LogP contribution >= 0.6 is 0 Å². The Balaban J connectivity index is 1.82. The molecule has 21 heavy (non-hydrogen) atoms. The van der Waals surface area contributed by atoms with Crippen molar-refractivity contribution in [3.05, 3.63) is 35.4 Å². The minimum Gasteiger partial charge on any atom is -0.308 e. The molecule has 1 spiro atoms. The molecule has 0 unspecified atom stereocenters. The van der Waals surface area contributed by atoms with Crippen LogP contribution in [0.5, 0.6) is 0 Å². The Hall–Kier alpha value is -1.00. The van der Waals surface area contributed by atoms with Gasteiger partial charge in [0.25, 0.3) is 0 Å². The van der Waals surface area contributed by atoms with Crippen molar-refractivity contribution < 1.29 is 8.78 Å². The quantitative estimate of drug-likeness (QED) is 0.898. The van der Waals surface area contributed by atoms with Crippen molar-refractivity contribution >= 4 is 0 Å². The predicted molar refractivity (Wildman–Crippen MR) is 80.0 cm³/mol. The van der Waals surface area contributed by atoms with Crippen molar-refractivity contribution in [2.75, 3.05) is 13.1 Å². The van der Waals surface area contributed by atoms with Gasteiger partial charge in [0.1, 0.15) is 0 Å². The SMILES string of the molecule is CC1(C)CNC2(CCCC2)CN1Cc1cccc(F)c1F. The van der Waals surface area contributed by atoms with Crippen molar-refractivity contribution in [2.24, 2.45) is 0 Å². The van der Waals surface area contributed by atoms with Gasteiger partial charge < -0.3 is 5.32 Å². The second kappa shape index (κ2) is 5.33. The number of halogens is 2. The molecule has 1 aromatic rings. The van der Waals surface area contributed by atoms with E-state index in [2.05, 4.69) is 24.1 Å². The summed E-state index contributed by atoms with van der Waals surface area (Å²) in [5.41, 5.74) is 0.587. The summed E-state index contributed by atoms with van der Waals surface area (Å²) in [5, 5.41) is 3.72. The van der Waals surface area contributed by atoms with Crippen LogP contribution in [0.2, 0.25) is 0 Å². The predicted octanol–water partition coefficient (Wildman–Crippen LogP) is 3.46. The van der Waals surface area contributed by atoms with E-state index in [-0.39, 0.29) is 11.1 Å². The molecule has 1 saturated heterocycles. The van der Waals surface area contributed by atoms with Crippen LogP contribution in [0, 0.1) is 11.6 Å². The van der Waals surface area contributed by atoms with E-state index in [1.807, 2.05) is 0 Å². The number of hydrogen-bond acceptors (Lipinski definition) is 2. The molecule has 2 fully saturated rings. The molecule has 1 N–H and O–H groups in total. The zero-order valence-corrected chi connectivity index (χ0v) is 12.9. The third kappa shape index (κ3) is 2.84. The topological polar surface area (TPSA) is 15.3 Å². The van der Waals surface area contributed by atoms with Gasteiger partial charge in [0.05, 0.1) is 0 Å². The van der Waals surface area contributed by atoms with Gasteiger partial charge in [-0.3, -0.25) is 4.90 Å². The standard InChI is InChI=1S/C17H24F2N2/c1-16(2)11-20-17(8-3-4-9-17)12-21(16)10-13-6-5-7-14(18)15(13)19/h5-7,20H,3-4,8-12H2,1-2H3. The average molecular weight is 294 g/mol. The van der Waals surface area contributed by atoms with E-state index in [1.54, 1.807) is 12.1 Å². The summed E-state index contributed by atoms with van der Waals surface area (Å²) in [6.07, 6.45) is 4.89. The van der Waals surface area contributed by atoms with Gasteiger partial charge in [-0.15, -0.1) is 0 Å². The maximum Gasteiger partial charge on any atom is 0.163 e. The summed E-state index contributed by atoms with van der Waals surface area (Å²) >= 11 is 0. The lowest BCUT2D eigenvalue weighted by atomic mass is 9.87. The lowest BCUT2D eigenvalue weighted by molar-refractivity contribution is 0.0208. The van der Waals surface area contributed by atoms with Gasteiger partial charge in [-0.05, 0) is 32.8 Å². The Kier molecular flexibility index (Phi) is 3.78. The van der Waals surface area contributed by atoms with E-state index in [0.29, 0.717) is 12.1 Å². The Labute approximate surface area is 125 Å². The highest BCUT2D eigenvalue weighted by atomic mass is 19.2. The van der Waals surface area contributed by atoms with Gasteiger partial charge in [0.15, 0.2) is 11.6 Å². The van der Waals surface area contributed by atoms with E-state index in [9.17, 15) is 8.78 Å². The smallest absolute Gasteiger partial charge is 0.163 e. The molecular formula is C17H24F2N2. The van der Waals surface area contributed by atoms with Crippen molar-refractivity contribution in [3.8, 4) is 0 Å². The minimum atomic E-state index is -0.754. The molecule has 1 heterocycles. The number of benzene rings is 1. The zero-order chi connectivity index (χ0) is 15.1. The molecule has 4 heteroatoms. The highest BCUT2D eigenvalue weighted by molar-refractivity contribution is 5.20. The van der Waals surface area contributed by atoms with Crippen molar-refractivity contribution in [3.63, 3.8) is 0 Å². The third-order valence-corrected chi connectivity index (χ3v) is 5.20. The van der Waals surface area contributed by atoms with Gasteiger partial charge in [0.2, 0.25) is 0 Å². The van der Waals surface area contributed by atoms with Crippen LogP contribution in [0.3, 0.4) is 0 Å². The third-order valence-electron chi connectivity index (χ3n) is 5.20. The van der Waals surface area contributed by atoms with E-state index in [0.717, 1.165) is 13.1 Å². The first kappa shape index (κ1) is 14.9. The summed E-state index contributed by atoms with van der Waals surface area (Å²) in [6, 6.07) is 4.46. The lowest BCUT2D eigenvalue weighted by Gasteiger charge is -2.51. The summed E-state index contributed by atoms with van der Waals surface area (Å²) in [7, 11) is 0. The Morgan fingerprint density at radius 2 is 1.90 bits per heavy atom. The fraction of sp³-hybridized carbons (Fsp3) is 0.647. The van der Waals surface area contributed by atoms with Crippen molar-refractivity contribution in [1.29, 1.82) is 0 Å². The van der Waals surface area contributed by atoms with Gasteiger partial charge in [-0.25, -0.2) is 8.78 Å². The number of nitrogens with zero attached hydrogens (tertiary/aromatic N) is 1. The minimum absolute atomic E-state index is 0.0490. The molecule has 1 aromatic carbocycles. The van der Waals surface area contributed by atoms with Crippen LogP contribution in [0.15, 0.2) is 18.2 Å². The van der Waals surface area contributed by atoms with Gasteiger partial charge in [-0.2, -0.15) is 0 Å². The largest absolute Gasteiger partial charge is 0.308 e. The van der Waals surface area contributed by atoms with Crippen LogP contribution in [-0.2, 0) is 6.54 Å². The van der Waals surface area contributed by atoms with Crippen LogP contribution in [0.4, 0.5) is 8.78 Å². The zero-order valence-electron chi connectivity index (χ0n) is 12.9. The van der Waals surface area contributed by atoms with E-state index in [4.69, 9.17) is 0 Å². The number of piperazine rings is 1. The molecule has 2 nitrogen and oxygen atoms in total. The van der Waals surface area contributed by atoms with Crippen molar-refractivity contribution in [2.45, 2.75) is 57.2 Å². The van der Waals surface area contributed by atoms with Gasteiger partial charge >= 0.3 is 0 Å².